The van der Waals surface area contributed by atoms with Gasteiger partial charge in [-0.05, 0) is 51.3 Å². The maximum Gasteiger partial charge on any atom is 0.223 e. The molecule has 0 saturated carbocycles. The Labute approximate surface area is 167 Å². The number of fused-ring (bicyclic) bond motifs is 1. The van der Waals surface area contributed by atoms with E-state index in [9.17, 15) is 10.1 Å². The molecule has 1 saturated heterocycles. The standard InChI is InChI=1S/C22H30N2O4/c1-22(2)21(27-13-6-4-3-5-12-25)20(24-11-7-8-19(24)26)17-14-16(15-23)9-10-18(17)28-22/h9-10,14,20-21,25H,3-8,11-13H2,1-2H3/t20?,21-/m0/s1. The molecule has 1 amide bonds. The Morgan fingerprint density at radius 3 is 2.79 bits per heavy atom. The minimum atomic E-state index is -0.597. The van der Waals surface area contributed by atoms with Crippen molar-refractivity contribution in [1.82, 2.24) is 4.90 Å². The highest BCUT2D eigenvalue weighted by Gasteiger charge is 2.49. The van der Waals surface area contributed by atoms with Crippen LogP contribution in [0.4, 0.5) is 0 Å². The number of likely N-dealkylation sites (tertiary alicyclic amines) is 1. The molecule has 0 radical (unpaired) electrons. The van der Waals surface area contributed by atoms with E-state index in [1.54, 1.807) is 6.07 Å². The number of aliphatic hydroxyl groups is 1. The molecule has 6 nitrogen and oxygen atoms in total. The normalized spacial score (nSPS) is 23.2. The highest BCUT2D eigenvalue weighted by atomic mass is 16.6. The summed E-state index contributed by atoms with van der Waals surface area (Å²) in [7, 11) is 0. The summed E-state index contributed by atoms with van der Waals surface area (Å²) in [5, 5.41) is 18.2. The van der Waals surface area contributed by atoms with Crippen LogP contribution in [0.25, 0.3) is 0 Å². The molecule has 2 aliphatic rings. The van der Waals surface area contributed by atoms with Crippen molar-refractivity contribution in [2.45, 2.75) is 70.1 Å². The zero-order valence-corrected chi connectivity index (χ0v) is 16.8. The summed E-state index contributed by atoms with van der Waals surface area (Å²) in [4.78, 5) is 14.5. The van der Waals surface area contributed by atoms with Crippen molar-refractivity contribution in [2.24, 2.45) is 0 Å². The third kappa shape index (κ3) is 4.31. The molecule has 2 heterocycles. The molecule has 0 aliphatic carbocycles. The van der Waals surface area contributed by atoms with Crippen LogP contribution in [-0.4, -0.2) is 47.4 Å². The Bertz CT molecular complexity index is 741. The minimum absolute atomic E-state index is 0.132. The van der Waals surface area contributed by atoms with E-state index in [0.717, 1.165) is 43.4 Å². The van der Waals surface area contributed by atoms with E-state index < -0.39 is 5.60 Å². The van der Waals surface area contributed by atoms with Crippen LogP contribution in [0.1, 0.15) is 69.5 Å². The van der Waals surface area contributed by atoms with Crippen molar-refractivity contribution in [3.05, 3.63) is 29.3 Å². The number of carbonyl (C=O) groups excluding carboxylic acids is 1. The lowest BCUT2D eigenvalue weighted by atomic mass is 9.84. The van der Waals surface area contributed by atoms with E-state index in [4.69, 9.17) is 14.6 Å². The molecule has 1 unspecified atom stereocenters. The predicted octanol–water partition coefficient (Wildman–Crippen LogP) is 3.33. The fourth-order valence-corrected chi connectivity index (χ4v) is 4.19. The molecule has 1 fully saturated rings. The van der Waals surface area contributed by atoms with Gasteiger partial charge >= 0.3 is 0 Å². The summed E-state index contributed by atoms with van der Waals surface area (Å²) < 4.78 is 12.6. The van der Waals surface area contributed by atoms with Gasteiger partial charge in [0.25, 0.3) is 0 Å². The Morgan fingerprint density at radius 1 is 1.32 bits per heavy atom. The Morgan fingerprint density at radius 2 is 2.11 bits per heavy atom. The predicted molar refractivity (Wildman–Crippen MR) is 105 cm³/mol. The highest BCUT2D eigenvalue weighted by Crippen LogP contribution is 2.45. The first kappa shape index (κ1) is 20.6. The molecular formula is C22H30N2O4. The van der Waals surface area contributed by atoms with Crippen molar-refractivity contribution in [1.29, 1.82) is 5.26 Å². The maximum absolute atomic E-state index is 12.6. The van der Waals surface area contributed by atoms with Crippen molar-refractivity contribution < 1.29 is 19.4 Å². The summed E-state index contributed by atoms with van der Waals surface area (Å²) in [5.41, 5.74) is 0.820. The average Bonchev–Trinajstić information content (AvgIpc) is 3.09. The van der Waals surface area contributed by atoms with Crippen LogP contribution in [0.5, 0.6) is 5.75 Å². The number of ether oxygens (including phenoxy) is 2. The second kappa shape index (κ2) is 8.93. The van der Waals surface area contributed by atoms with Crippen LogP contribution in [0.15, 0.2) is 18.2 Å². The maximum atomic E-state index is 12.6. The van der Waals surface area contributed by atoms with Crippen LogP contribution in [0.3, 0.4) is 0 Å². The SMILES string of the molecule is CC1(C)Oc2ccc(C#N)cc2C(N2CCCC2=O)[C@@H]1OCCCCCCO. The zero-order chi connectivity index (χ0) is 20.1. The molecule has 1 aromatic rings. The van der Waals surface area contributed by atoms with Gasteiger partial charge in [0, 0.05) is 31.7 Å². The van der Waals surface area contributed by atoms with E-state index in [1.807, 2.05) is 30.9 Å². The largest absolute Gasteiger partial charge is 0.485 e. The van der Waals surface area contributed by atoms with E-state index in [-0.39, 0.29) is 24.7 Å². The van der Waals surface area contributed by atoms with Crippen molar-refractivity contribution >= 4 is 5.91 Å². The van der Waals surface area contributed by atoms with Crippen molar-refractivity contribution in [2.75, 3.05) is 19.8 Å². The molecule has 3 rings (SSSR count). The first-order valence-corrected chi connectivity index (χ1v) is 10.2. The number of aliphatic hydroxyl groups excluding tert-OH is 1. The van der Waals surface area contributed by atoms with Crippen molar-refractivity contribution in [3.8, 4) is 11.8 Å². The highest BCUT2D eigenvalue weighted by molar-refractivity contribution is 5.79. The number of nitrogens with zero attached hydrogens (tertiary/aromatic N) is 2. The van der Waals surface area contributed by atoms with Gasteiger partial charge in [-0.2, -0.15) is 5.26 Å². The van der Waals surface area contributed by atoms with E-state index in [2.05, 4.69) is 6.07 Å². The third-order valence-electron chi connectivity index (χ3n) is 5.60. The summed E-state index contributed by atoms with van der Waals surface area (Å²) in [6, 6.07) is 7.35. The van der Waals surface area contributed by atoms with Crippen LogP contribution < -0.4 is 4.74 Å². The van der Waals surface area contributed by atoms with E-state index >= 15 is 0 Å². The summed E-state index contributed by atoms with van der Waals surface area (Å²) >= 11 is 0. The number of rotatable bonds is 8. The van der Waals surface area contributed by atoms with Crippen LogP contribution in [-0.2, 0) is 9.53 Å². The van der Waals surface area contributed by atoms with Crippen LogP contribution in [0, 0.1) is 11.3 Å². The molecule has 2 aliphatic heterocycles. The lowest BCUT2D eigenvalue weighted by molar-refractivity contribution is -0.148. The molecule has 6 heteroatoms. The molecule has 152 valence electrons. The molecule has 1 aromatic carbocycles. The van der Waals surface area contributed by atoms with Gasteiger partial charge in [-0.1, -0.05) is 12.8 Å². The first-order valence-electron chi connectivity index (χ1n) is 10.2. The van der Waals surface area contributed by atoms with E-state index in [0.29, 0.717) is 25.1 Å². The first-order chi connectivity index (χ1) is 13.5. The molecule has 2 atom stereocenters. The van der Waals surface area contributed by atoms with Gasteiger partial charge in [0.1, 0.15) is 17.5 Å². The lowest BCUT2D eigenvalue weighted by Gasteiger charge is -2.47. The number of hydrogen-bond donors (Lipinski definition) is 1. The van der Waals surface area contributed by atoms with Gasteiger partial charge in [0.15, 0.2) is 0 Å². The molecule has 1 N–H and O–H groups in total. The minimum Gasteiger partial charge on any atom is -0.485 e. The molecule has 28 heavy (non-hydrogen) atoms. The Hall–Kier alpha value is -2.10. The van der Waals surface area contributed by atoms with Gasteiger partial charge in [0.2, 0.25) is 5.91 Å². The van der Waals surface area contributed by atoms with Crippen molar-refractivity contribution in [3.63, 3.8) is 0 Å². The number of nitriles is 1. The molecule has 0 bridgehead atoms. The van der Waals surface area contributed by atoms with Gasteiger partial charge in [-0.15, -0.1) is 0 Å². The summed E-state index contributed by atoms with van der Waals surface area (Å²) in [6.07, 6.45) is 4.78. The Kier molecular flexibility index (Phi) is 6.58. The van der Waals surface area contributed by atoms with Gasteiger partial charge in [-0.3, -0.25) is 4.79 Å². The number of hydrogen-bond acceptors (Lipinski definition) is 5. The van der Waals surface area contributed by atoms with Gasteiger partial charge in [0.05, 0.1) is 17.7 Å². The summed E-state index contributed by atoms with van der Waals surface area (Å²) in [5.74, 6) is 0.851. The van der Waals surface area contributed by atoms with Gasteiger partial charge < -0.3 is 19.5 Å². The van der Waals surface area contributed by atoms with Crippen LogP contribution >= 0.6 is 0 Å². The van der Waals surface area contributed by atoms with Crippen LogP contribution in [0.2, 0.25) is 0 Å². The number of unbranched alkanes of at least 4 members (excludes halogenated alkanes) is 3. The number of benzene rings is 1. The number of amides is 1. The fraction of sp³-hybridized carbons (Fsp3) is 0.636. The fourth-order valence-electron chi connectivity index (χ4n) is 4.19. The lowest BCUT2D eigenvalue weighted by Crippen LogP contribution is -2.55. The molecule has 0 aromatic heterocycles. The molecule has 0 spiro atoms. The zero-order valence-electron chi connectivity index (χ0n) is 16.8. The Balaban J connectivity index is 1.86. The monoisotopic (exact) mass is 386 g/mol. The second-order valence-electron chi connectivity index (χ2n) is 8.13. The third-order valence-corrected chi connectivity index (χ3v) is 5.60. The number of carbonyl (C=O) groups is 1. The molecular weight excluding hydrogens is 356 g/mol. The van der Waals surface area contributed by atoms with E-state index in [1.165, 1.54) is 0 Å². The average molecular weight is 386 g/mol. The smallest absolute Gasteiger partial charge is 0.223 e. The quantitative estimate of drug-likeness (QED) is 0.693. The summed E-state index contributed by atoms with van der Waals surface area (Å²) in [6.45, 7) is 5.50. The second-order valence-corrected chi connectivity index (χ2v) is 8.13. The topological polar surface area (TPSA) is 82.8 Å². The van der Waals surface area contributed by atoms with Gasteiger partial charge in [-0.25, -0.2) is 0 Å².